The van der Waals surface area contributed by atoms with E-state index in [2.05, 4.69) is 16.8 Å². The quantitative estimate of drug-likeness (QED) is 0.702. The lowest BCUT2D eigenvalue weighted by molar-refractivity contribution is 0.0697. The SMILES string of the molecule is O=C(O)c1cccc(C#Cc2ccncc2)c1-c1cc(O)cc(F)c1. The Morgan fingerprint density at radius 3 is 2.48 bits per heavy atom. The van der Waals surface area contributed by atoms with Crippen LogP contribution in [0.5, 0.6) is 5.75 Å². The summed E-state index contributed by atoms with van der Waals surface area (Å²) in [6.07, 6.45) is 3.20. The molecule has 0 fully saturated rings. The smallest absolute Gasteiger partial charge is 0.336 e. The number of aromatic hydroxyl groups is 1. The van der Waals surface area contributed by atoms with Gasteiger partial charge in [0.25, 0.3) is 0 Å². The van der Waals surface area contributed by atoms with Crippen molar-refractivity contribution in [1.29, 1.82) is 0 Å². The number of halogens is 1. The molecule has 2 aromatic carbocycles. The predicted octanol–water partition coefficient (Wildman–Crippen LogP) is 3.69. The van der Waals surface area contributed by atoms with E-state index in [9.17, 15) is 19.4 Å². The van der Waals surface area contributed by atoms with Gasteiger partial charge < -0.3 is 10.2 Å². The Kier molecular flexibility index (Phi) is 4.44. The molecule has 0 aliphatic rings. The van der Waals surface area contributed by atoms with Crippen molar-refractivity contribution in [2.45, 2.75) is 0 Å². The van der Waals surface area contributed by atoms with Crippen LogP contribution in [-0.2, 0) is 0 Å². The average Bonchev–Trinajstić information content (AvgIpc) is 2.59. The number of carbonyl (C=O) groups is 1. The molecule has 3 rings (SSSR count). The van der Waals surface area contributed by atoms with Crippen LogP contribution in [0.1, 0.15) is 21.5 Å². The summed E-state index contributed by atoms with van der Waals surface area (Å²) in [5.74, 6) is 3.73. The number of carboxylic acid groups (broad SMARTS) is 1. The molecular formula is C20H12FNO3. The predicted molar refractivity (Wildman–Crippen MR) is 90.7 cm³/mol. The third-order valence-electron chi connectivity index (χ3n) is 3.49. The van der Waals surface area contributed by atoms with Gasteiger partial charge in [-0.1, -0.05) is 17.9 Å². The third-order valence-corrected chi connectivity index (χ3v) is 3.49. The first-order valence-electron chi connectivity index (χ1n) is 7.33. The van der Waals surface area contributed by atoms with E-state index in [4.69, 9.17) is 0 Å². The van der Waals surface area contributed by atoms with Gasteiger partial charge in [0.2, 0.25) is 0 Å². The second kappa shape index (κ2) is 6.85. The van der Waals surface area contributed by atoms with Gasteiger partial charge in [0.05, 0.1) is 5.56 Å². The zero-order chi connectivity index (χ0) is 17.8. The van der Waals surface area contributed by atoms with E-state index in [-0.39, 0.29) is 22.4 Å². The molecule has 2 N–H and O–H groups in total. The second-order valence-corrected chi connectivity index (χ2v) is 5.22. The first kappa shape index (κ1) is 16.2. The Balaban J connectivity index is 2.21. The Morgan fingerprint density at radius 2 is 1.80 bits per heavy atom. The van der Waals surface area contributed by atoms with Crippen LogP contribution in [0, 0.1) is 17.7 Å². The van der Waals surface area contributed by atoms with Crippen molar-refractivity contribution in [2.24, 2.45) is 0 Å². The van der Waals surface area contributed by atoms with E-state index >= 15 is 0 Å². The number of pyridine rings is 1. The standard InChI is InChI=1S/C20H12FNO3/c21-16-10-15(11-17(23)12-16)19-14(2-1-3-18(19)20(24)25)5-4-13-6-8-22-9-7-13/h1-3,6-12,23H,(H,24,25). The second-order valence-electron chi connectivity index (χ2n) is 5.22. The van der Waals surface area contributed by atoms with Gasteiger partial charge in [0.1, 0.15) is 11.6 Å². The number of rotatable bonds is 2. The van der Waals surface area contributed by atoms with E-state index in [1.807, 2.05) is 0 Å². The fourth-order valence-electron chi connectivity index (χ4n) is 2.44. The minimum absolute atomic E-state index is 0.0217. The molecule has 4 nitrogen and oxygen atoms in total. The summed E-state index contributed by atoms with van der Waals surface area (Å²) in [6.45, 7) is 0. The number of phenols is 1. The Bertz CT molecular complexity index is 984. The van der Waals surface area contributed by atoms with Crippen molar-refractivity contribution in [3.8, 4) is 28.7 Å². The molecule has 0 aliphatic carbocycles. The van der Waals surface area contributed by atoms with Crippen LogP contribution in [0.2, 0.25) is 0 Å². The molecule has 0 bridgehead atoms. The van der Waals surface area contributed by atoms with Crippen LogP contribution in [0.3, 0.4) is 0 Å². The molecule has 5 heteroatoms. The fraction of sp³-hybridized carbons (Fsp3) is 0. The number of benzene rings is 2. The van der Waals surface area contributed by atoms with E-state index in [1.54, 1.807) is 36.7 Å². The van der Waals surface area contributed by atoms with Crippen LogP contribution in [0.4, 0.5) is 4.39 Å². The molecular weight excluding hydrogens is 321 g/mol. The molecule has 3 aromatic rings. The molecule has 0 amide bonds. The molecule has 122 valence electrons. The van der Waals surface area contributed by atoms with Gasteiger partial charge >= 0.3 is 5.97 Å². The minimum Gasteiger partial charge on any atom is -0.508 e. The summed E-state index contributed by atoms with van der Waals surface area (Å²) in [5, 5.41) is 19.1. The van der Waals surface area contributed by atoms with Crippen molar-refractivity contribution in [3.63, 3.8) is 0 Å². The Labute approximate surface area is 143 Å². The van der Waals surface area contributed by atoms with Crippen molar-refractivity contribution in [3.05, 3.63) is 83.4 Å². The number of hydrogen-bond donors (Lipinski definition) is 2. The first-order valence-corrected chi connectivity index (χ1v) is 7.33. The molecule has 0 atom stereocenters. The van der Waals surface area contributed by atoms with Crippen molar-refractivity contribution in [2.75, 3.05) is 0 Å². The zero-order valence-corrected chi connectivity index (χ0v) is 12.9. The monoisotopic (exact) mass is 333 g/mol. The Morgan fingerprint density at radius 1 is 1.04 bits per heavy atom. The van der Waals surface area contributed by atoms with Gasteiger partial charge in [-0.25, -0.2) is 9.18 Å². The number of aromatic carboxylic acids is 1. The van der Waals surface area contributed by atoms with E-state index < -0.39 is 11.8 Å². The minimum atomic E-state index is -1.16. The average molecular weight is 333 g/mol. The molecule has 25 heavy (non-hydrogen) atoms. The van der Waals surface area contributed by atoms with Crippen LogP contribution in [0.15, 0.2) is 60.9 Å². The van der Waals surface area contributed by atoms with Gasteiger partial charge in [0.15, 0.2) is 0 Å². The summed E-state index contributed by atoms with van der Waals surface area (Å²) in [6, 6.07) is 11.5. The molecule has 0 aliphatic heterocycles. The van der Waals surface area contributed by atoms with Crippen LogP contribution >= 0.6 is 0 Å². The highest BCUT2D eigenvalue weighted by Gasteiger charge is 2.16. The van der Waals surface area contributed by atoms with Gasteiger partial charge in [0, 0.05) is 35.2 Å². The highest BCUT2D eigenvalue weighted by Crippen LogP contribution is 2.31. The lowest BCUT2D eigenvalue weighted by atomic mass is 9.94. The summed E-state index contributed by atoms with van der Waals surface area (Å²) in [5.41, 5.74) is 1.61. The van der Waals surface area contributed by atoms with Crippen molar-refractivity contribution >= 4 is 5.97 Å². The zero-order valence-electron chi connectivity index (χ0n) is 12.9. The topological polar surface area (TPSA) is 70.4 Å². The molecule has 0 radical (unpaired) electrons. The van der Waals surface area contributed by atoms with Crippen LogP contribution in [-0.4, -0.2) is 21.2 Å². The molecule has 0 spiro atoms. The van der Waals surface area contributed by atoms with Crippen molar-refractivity contribution in [1.82, 2.24) is 4.98 Å². The highest BCUT2D eigenvalue weighted by atomic mass is 19.1. The molecule has 0 saturated carbocycles. The fourth-order valence-corrected chi connectivity index (χ4v) is 2.44. The summed E-state index contributed by atoms with van der Waals surface area (Å²) in [7, 11) is 0. The van der Waals surface area contributed by atoms with Crippen molar-refractivity contribution < 1.29 is 19.4 Å². The number of carboxylic acids is 1. The van der Waals surface area contributed by atoms with Crippen LogP contribution in [0.25, 0.3) is 11.1 Å². The largest absolute Gasteiger partial charge is 0.508 e. The van der Waals surface area contributed by atoms with Gasteiger partial charge in [-0.2, -0.15) is 0 Å². The molecule has 1 heterocycles. The maximum Gasteiger partial charge on any atom is 0.336 e. The van der Waals surface area contributed by atoms with Gasteiger partial charge in [-0.3, -0.25) is 4.98 Å². The summed E-state index contributed by atoms with van der Waals surface area (Å²) >= 11 is 0. The molecule has 0 unspecified atom stereocenters. The maximum absolute atomic E-state index is 13.7. The molecule has 1 aromatic heterocycles. The summed E-state index contributed by atoms with van der Waals surface area (Å²) < 4.78 is 13.7. The van der Waals surface area contributed by atoms with Gasteiger partial charge in [-0.05, 0) is 42.0 Å². The summed E-state index contributed by atoms with van der Waals surface area (Å²) in [4.78, 5) is 15.5. The third kappa shape index (κ3) is 3.65. The normalized spacial score (nSPS) is 9.96. The van der Waals surface area contributed by atoms with E-state index in [0.29, 0.717) is 11.1 Å². The maximum atomic E-state index is 13.7. The number of phenolic OH excluding ortho intramolecular Hbond substituents is 1. The van der Waals surface area contributed by atoms with E-state index in [0.717, 1.165) is 6.07 Å². The van der Waals surface area contributed by atoms with Gasteiger partial charge in [-0.15, -0.1) is 0 Å². The van der Waals surface area contributed by atoms with E-state index in [1.165, 1.54) is 18.2 Å². The number of aromatic nitrogens is 1. The van der Waals surface area contributed by atoms with Crippen LogP contribution < -0.4 is 0 Å². The number of hydrogen-bond acceptors (Lipinski definition) is 3. The number of nitrogens with zero attached hydrogens (tertiary/aromatic N) is 1. The first-order chi connectivity index (χ1) is 12.0. The lowest BCUT2D eigenvalue weighted by Gasteiger charge is -2.10. The molecule has 0 saturated heterocycles. The Hall–Kier alpha value is -3.65. The lowest BCUT2D eigenvalue weighted by Crippen LogP contribution is -2.01. The highest BCUT2D eigenvalue weighted by molar-refractivity contribution is 5.98.